The zero-order valence-corrected chi connectivity index (χ0v) is 19.8. The molecule has 5 nitrogen and oxygen atoms in total. The van der Waals surface area contributed by atoms with E-state index in [1.807, 2.05) is 53.4 Å². The van der Waals surface area contributed by atoms with Crippen molar-refractivity contribution in [3.05, 3.63) is 95.3 Å². The van der Waals surface area contributed by atoms with Crippen LogP contribution < -0.4 is 10.2 Å². The number of rotatable bonds is 4. The normalized spacial score (nSPS) is 14.1. The summed E-state index contributed by atoms with van der Waals surface area (Å²) in [7, 11) is 0. The molecule has 176 valence electrons. The van der Waals surface area contributed by atoms with Gasteiger partial charge in [0.25, 0.3) is 11.8 Å². The number of hydrogen-bond acceptors (Lipinski definition) is 3. The van der Waals surface area contributed by atoms with Crippen molar-refractivity contribution in [3.8, 4) is 0 Å². The number of carbonyl (C=O) groups excluding carboxylic acids is 2. The highest BCUT2D eigenvalue weighted by atomic mass is 19.1. The fourth-order valence-electron chi connectivity index (χ4n) is 4.06. The first kappa shape index (κ1) is 23.5. The molecule has 2 amide bonds. The van der Waals surface area contributed by atoms with Crippen LogP contribution in [0.15, 0.2) is 72.8 Å². The average molecular weight is 460 g/mol. The summed E-state index contributed by atoms with van der Waals surface area (Å²) < 4.78 is 13.8. The molecule has 0 spiro atoms. The third-order valence-corrected chi connectivity index (χ3v) is 6.17. The van der Waals surface area contributed by atoms with Gasteiger partial charge >= 0.3 is 0 Å². The predicted octanol–water partition coefficient (Wildman–Crippen LogP) is 5.34. The summed E-state index contributed by atoms with van der Waals surface area (Å²) in [5.41, 5.74) is 3.62. The van der Waals surface area contributed by atoms with Crippen molar-refractivity contribution >= 4 is 23.2 Å². The summed E-state index contributed by atoms with van der Waals surface area (Å²) in [6.07, 6.45) is 0. The van der Waals surface area contributed by atoms with Crippen molar-refractivity contribution in [2.75, 3.05) is 36.4 Å². The lowest BCUT2D eigenvalue weighted by molar-refractivity contribution is 0.0746. The molecule has 1 fully saturated rings. The van der Waals surface area contributed by atoms with Crippen LogP contribution in [-0.2, 0) is 5.41 Å². The van der Waals surface area contributed by atoms with Crippen LogP contribution in [0.1, 0.15) is 47.1 Å². The van der Waals surface area contributed by atoms with E-state index in [9.17, 15) is 14.0 Å². The van der Waals surface area contributed by atoms with Gasteiger partial charge in [0.2, 0.25) is 0 Å². The summed E-state index contributed by atoms with van der Waals surface area (Å²) in [6, 6.07) is 21.3. The molecular weight excluding hydrogens is 429 g/mol. The second kappa shape index (κ2) is 9.67. The molecule has 0 bridgehead atoms. The first-order valence-corrected chi connectivity index (χ1v) is 11.5. The molecule has 6 heteroatoms. The highest BCUT2D eigenvalue weighted by molar-refractivity contribution is 6.04. The topological polar surface area (TPSA) is 52.7 Å². The van der Waals surface area contributed by atoms with Crippen molar-refractivity contribution in [1.29, 1.82) is 0 Å². The van der Waals surface area contributed by atoms with Gasteiger partial charge in [-0.1, -0.05) is 45.0 Å². The van der Waals surface area contributed by atoms with Crippen LogP contribution in [0, 0.1) is 5.82 Å². The number of carbonyl (C=O) groups is 2. The van der Waals surface area contributed by atoms with Crippen molar-refractivity contribution in [3.63, 3.8) is 0 Å². The second-order valence-electron chi connectivity index (χ2n) is 9.59. The Hall–Kier alpha value is -3.67. The minimum atomic E-state index is -0.547. The molecular formula is C28H30FN3O2. The van der Waals surface area contributed by atoms with Gasteiger partial charge in [-0.05, 0) is 59.5 Å². The molecule has 4 rings (SSSR count). The third-order valence-electron chi connectivity index (χ3n) is 6.17. The average Bonchev–Trinajstić information content (AvgIpc) is 2.84. The lowest BCUT2D eigenvalue weighted by Crippen LogP contribution is -2.48. The molecule has 0 unspecified atom stereocenters. The van der Waals surface area contributed by atoms with E-state index < -0.39 is 11.7 Å². The van der Waals surface area contributed by atoms with E-state index >= 15 is 0 Å². The van der Waals surface area contributed by atoms with Gasteiger partial charge in [0.05, 0.1) is 5.56 Å². The molecule has 3 aromatic rings. The molecule has 1 N–H and O–H groups in total. The maximum atomic E-state index is 13.8. The van der Waals surface area contributed by atoms with Gasteiger partial charge in [0.1, 0.15) is 5.82 Å². The lowest BCUT2D eigenvalue weighted by atomic mass is 9.86. The van der Waals surface area contributed by atoms with Crippen LogP contribution in [0.2, 0.25) is 0 Å². The van der Waals surface area contributed by atoms with Gasteiger partial charge < -0.3 is 15.1 Å². The number of amides is 2. The summed E-state index contributed by atoms with van der Waals surface area (Å²) in [4.78, 5) is 29.4. The Kier molecular flexibility index (Phi) is 6.68. The summed E-state index contributed by atoms with van der Waals surface area (Å²) in [5.74, 6) is -0.964. The Morgan fingerprint density at radius 2 is 1.44 bits per heavy atom. The maximum Gasteiger partial charge on any atom is 0.258 e. The Bertz CT molecular complexity index is 1160. The van der Waals surface area contributed by atoms with Crippen LogP contribution in [0.3, 0.4) is 0 Å². The molecule has 1 saturated heterocycles. The van der Waals surface area contributed by atoms with Crippen molar-refractivity contribution in [1.82, 2.24) is 4.90 Å². The van der Waals surface area contributed by atoms with Gasteiger partial charge in [-0.25, -0.2) is 4.39 Å². The van der Waals surface area contributed by atoms with Gasteiger partial charge in [-0.2, -0.15) is 0 Å². The van der Waals surface area contributed by atoms with Gasteiger partial charge in [0.15, 0.2) is 0 Å². The maximum absolute atomic E-state index is 13.8. The van der Waals surface area contributed by atoms with E-state index in [-0.39, 0.29) is 16.9 Å². The molecule has 0 aromatic heterocycles. The molecule has 3 aromatic carbocycles. The fraction of sp³-hybridized carbons (Fsp3) is 0.286. The monoisotopic (exact) mass is 459 g/mol. The molecule has 1 aliphatic heterocycles. The summed E-state index contributed by atoms with van der Waals surface area (Å²) in [5, 5.41) is 2.73. The first-order valence-electron chi connectivity index (χ1n) is 11.5. The molecule has 0 aliphatic carbocycles. The highest BCUT2D eigenvalue weighted by Crippen LogP contribution is 2.24. The fourth-order valence-corrected chi connectivity index (χ4v) is 4.06. The van der Waals surface area contributed by atoms with Crippen LogP contribution in [-0.4, -0.2) is 42.9 Å². The standard InChI is InChI=1S/C28H30FN3O2/c1-28(2,3)21-10-8-20(9-11-21)27(34)32-18-16-31(17-19-32)23-14-12-22(13-15-23)30-26(33)24-6-4-5-7-25(24)29/h4-15H,16-19H2,1-3H3,(H,30,33). The number of halogens is 1. The van der Waals surface area contributed by atoms with Crippen molar-refractivity contribution in [2.45, 2.75) is 26.2 Å². The van der Waals surface area contributed by atoms with Crippen LogP contribution in [0.4, 0.5) is 15.8 Å². The van der Waals surface area contributed by atoms with Gasteiger partial charge in [0, 0.05) is 43.1 Å². The third kappa shape index (κ3) is 5.28. The van der Waals surface area contributed by atoms with Gasteiger partial charge in [-0.3, -0.25) is 9.59 Å². The number of benzene rings is 3. The van der Waals surface area contributed by atoms with Crippen LogP contribution in [0.5, 0.6) is 0 Å². The number of hydrogen-bond donors (Lipinski definition) is 1. The van der Waals surface area contributed by atoms with E-state index in [0.717, 1.165) is 24.3 Å². The quantitative estimate of drug-likeness (QED) is 0.573. The number of anilines is 2. The van der Waals surface area contributed by atoms with E-state index in [4.69, 9.17) is 0 Å². The van der Waals surface area contributed by atoms with Crippen molar-refractivity contribution in [2.24, 2.45) is 0 Å². The molecule has 0 radical (unpaired) electrons. The first-order chi connectivity index (χ1) is 16.2. The lowest BCUT2D eigenvalue weighted by Gasteiger charge is -2.36. The molecule has 1 heterocycles. The molecule has 34 heavy (non-hydrogen) atoms. The van der Waals surface area contributed by atoms with E-state index in [2.05, 4.69) is 31.0 Å². The Labute approximate surface area is 200 Å². The highest BCUT2D eigenvalue weighted by Gasteiger charge is 2.23. The number of nitrogens with zero attached hydrogens (tertiary/aromatic N) is 2. The van der Waals surface area contributed by atoms with Crippen LogP contribution >= 0.6 is 0 Å². The Morgan fingerprint density at radius 1 is 0.824 bits per heavy atom. The smallest absolute Gasteiger partial charge is 0.258 e. The Balaban J connectivity index is 1.33. The molecule has 0 saturated carbocycles. The summed E-state index contributed by atoms with van der Waals surface area (Å²) in [6.45, 7) is 9.22. The SMILES string of the molecule is CC(C)(C)c1ccc(C(=O)N2CCN(c3ccc(NC(=O)c4ccccc4F)cc3)CC2)cc1. The molecule has 0 atom stereocenters. The molecule has 1 aliphatic rings. The summed E-state index contributed by atoms with van der Waals surface area (Å²) >= 11 is 0. The Morgan fingerprint density at radius 3 is 2.03 bits per heavy atom. The van der Waals surface area contributed by atoms with E-state index in [1.54, 1.807) is 12.1 Å². The van der Waals surface area contributed by atoms with Gasteiger partial charge in [-0.15, -0.1) is 0 Å². The van der Waals surface area contributed by atoms with E-state index in [0.29, 0.717) is 18.8 Å². The zero-order chi connectivity index (χ0) is 24.3. The second-order valence-corrected chi connectivity index (χ2v) is 9.59. The van der Waals surface area contributed by atoms with E-state index in [1.165, 1.54) is 17.7 Å². The van der Waals surface area contributed by atoms with Crippen molar-refractivity contribution < 1.29 is 14.0 Å². The minimum Gasteiger partial charge on any atom is -0.368 e. The number of nitrogens with one attached hydrogen (secondary N) is 1. The largest absolute Gasteiger partial charge is 0.368 e. The minimum absolute atomic E-state index is 0.0143. The zero-order valence-electron chi connectivity index (χ0n) is 19.8. The number of piperazine rings is 1. The van der Waals surface area contributed by atoms with Crippen LogP contribution in [0.25, 0.3) is 0 Å². The predicted molar refractivity (Wildman–Crippen MR) is 134 cm³/mol.